The molecule has 0 saturated carbocycles. The Morgan fingerprint density at radius 1 is 1.11 bits per heavy atom. The number of nitrogens with zero attached hydrogens (tertiary/aromatic N) is 3. The van der Waals surface area contributed by atoms with Gasteiger partial charge in [-0.1, -0.05) is 41.6 Å². The molecule has 0 bridgehead atoms. The number of carbonyl (C=O) groups is 3. The normalized spacial score (nSPS) is 19.8. The number of ether oxygens (including phenoxy) is 2. The van der Waals surface area contributed by atoms with Crippen LogP contribution in [0, 0.1) is 0 Å². The van der Waals surface area contributed by atoms with Crippen molar-refractivity contribution in [1.29, 1.82) is 0 Å². The van der Waals surface area contributed by atoms with E-state index in [1.54, 1.807) is 43.4 Å². The summed E-state index contributed by atoms with van der Waals surface area (Å²) in [4.78, 5) is 43.2. The van der Waals surface area contributed by atoms with Gasteiger partial charge in [0.15, 0.2) is 11.5 Å². The molecule has 3 heterocycles. The van der Waals surface area contributed by atoms with Gasteiger partial charge < -0.3 is 18.9 Å². The molecule has 3 aromatic rings. The summed E-state index contributed by atoms with van der Waals surface area (Å²) in [5.41, 5.74) is 0.696. The highest BCUT2D eigenvalue weighted by Crippen LogP contribution is 2.42. The van der Waals surface area contributed by atoms with Crippen molar-refractivity contribution in [3.05, 3.63) is 77.7 Å². The highest BCUT2D eigenvalue weighted by molar-refractivity contribution is 6.10. The van der Waals surface area contributed by atoms with Crippen LogP contribution < -0.4 is 9.47 Å². The molecule has 1 aromatic heterocycles. The molecule has 0 radical (unpaired) electrons. The van der Waals surface area contributed by atoms with E-state index in [-0.39, 0.29) is 49.9 Å². The molecule has 9 heteroatoms. The zero-order chi connectivity index (χ0) is 24.6. The molecule has 2 aromatic carbocycles. The second-order valence-corrected chi connectivity index (χ2v) is 8.88. The van der Waals surface area contributed by atoms with Crippen LogP contribution in [0.25, 0.3) is 0 Å². The molecule has 0 aliphatic carbocycles. The van der Waals surface area contributed by atoms with Gasteiger partial charge in [0, 0.05) is 26.0 Å². The lowest BCUT2D eigenvalue weighted by Crippen LogP contribution is -2.43. The lowest BCUT2D eigenvalue weighted by molar-refractivity contribution is -0.143. The van der Waals surface area contributed by atoms with Crippen LogP contribution >= 0.6 is 0 Å². The summed E-state index contributed by atoms with van der Waals surface area (Å²) in [5, 5.41) is 3.92. The molecular weight excluding hydrogens is 450 g/mol. The minimum Gasteiger partial charge on any atom is -0.454 e. The van der Waals surface area contributed by atoms with Gasteiger partial charge in [0.25, 0.3) is 0 Å². The Bertz CT molecular complexity index is 1260. The van der Waals surface area contributed by atoms with E-state index in [9.17, 15) is 14.4 Å². The van der Waals surface area contributed by atoms with Gasteiger partial charge in [0.1, 0.15) is 12.0 Å². The van der Waals surface area contributed by atoms with Crippen molar-refractivity contribution >= 4 is 17.7 Å². The van der Waals surface area contributed by atoms with Crippen LogP contribution in [0.5, 0.6) is 11.5 Å². The van der Waals surface area contributed by atoms with Crippen molar-refractivity contribution in [2.24, 2.45) is 0 Å². The molecule has 0 spiro atoms. The minimum atomic E-state index is -1.29. The predicted octanol–water partition coefficient (Wildman–Crippen LogP) is 3.21. The second kappa shape index (κ2) is 8.90. The first-order chi connectivity index (χ1) is 16.9. The van der Waals surface area contributed by atoms with E-state index in [0.717, 1.165) is 5.56 Å². The number of carbonyl (C=O) groups excluding carboxylic acids is 3. The Hall–Kier alpha value is -4.14. The van der Waals surface area contributed by atoms with E-state index in [2.05, 4.69) is 5.16 Å². The maximum Gasteiger partial charge on any atom is 0.241 e. The molecule has 3 amide bonds. The maximum absolute atomic E-state index is 13.9. The van der Waals surface area contributed by atoms with Crippen molar-refractivity contribution < 1.29 is 28.4 Å². The summed E-state index contributed by atoms with van der Waals surface area (Å²) >= 11 is 0. The molecule has 180 valence electrons. The van der Waals surface area contributed by atoms with E-state index < -0.39 is 5.41 Å². The number of imide groups is 1. The monoisotopic (exact) mass is 475 g/mol. The lowest BCUT2D eigenvalue weighted by atomic mass is 9.75. The molecule has 5 rings (SSSR count). The minimum absolute atomic E-state index is 0.0850. The summed E-state index contributed by atoms with van der Waals surface area (Å²) in [7, 11) is 1.66. The molecule has 2 atom stereocenters. The molecule has 0 unspecified atom stereocenters. The van der Waals surface area contributed by atoms with E-state index in [1.807, 2.05) is 25.1 Å². The maximum atomic E-state index is 13.9. The fraction of sp³-hybridized carbons (Fsp3) is 0.308. The third-order valence-corrected chi connectivity index (χ3v) is 6.83. The van der Waals surface area contributed by atoms with Gasteiger partial charge in [-0.25, -0.2) is 0 Å². The fourth-order valence-corrected chi connectivity index (χ4v) is 4.64. The SMILES string of the molecule is C[C@H](c1ccon1)N(C)C(=O)C[C@]1(c2ccccc2)CC(=O)N(Cc2ccc3c(c2)OCO3)C1=O. The topological polar surface area (TPSA) is 102 Å². The molecule has 0 N–H and O–H groups in total. The summed E-state index contributed by atoms with van der Waals surface area (Å²) in [6.07, 6.45) is 1.22. The Kier molecular flexibility index (Phi) is 5.76. The number of aromatic nitrogens is 1. The average Bonchev–Trinajstić information content (AvgIpc) is 3.61. The molecule has 35 heavy (non-hydrogen) atoms. The highest BCUT2D eigenvalue weighted by Gasteiger charge is 2.54. The Labute approximate surface area is 202 Å². The van der Waals surface area contributed by atoms with Gasteiger partial charge in [-0.3, -0.25) is 19.3 Å². The van der Waals surface area contributed by atoms with Gasteiger partial charge in [-0.15, -0.1) is 0 Å². The van der Waals surface area contributed by atoms with Gasteiger partial charge >= 0.3 is 0 Å². The van der Waals surface area contributed by atoms with Crippen LogP contribution in [-0.4, -0.2) is 46.5 Å². The quantitative estimate of drug-likeness (QED) is 0.484. The number of amides is 3. The standard InChI is InChI=1S/C26H25N3O6/c1-17(20-10-11-35-27-20)28(2)23(30)13-26(19-6-4-3-5-7-19)14-24(31)29(25(26)32)15-18-8-9-21-22(12-18)34-16-33-21/h3-12,17H,13-16H2,1-2H3/t17-,26-/m1/s1. The first kappa shape index (κ1) is 22.6. The zero-order valence-corrected chi connectivity index (χ0v) is 19.5. The summed E-state index contributed by atoms with van der Waals surface area (Å²) < 4.78 is 15.7. The van der Waals surface area contributed by atoms with Crippen LogP contribution in [0.15, 0.2) is 65.4 Å². The highest BCUT2D eigenvalue weighted by atomic mass is 16.7. The molecule has 1 fully saturated rings. The molecule has 2 aliphatic heterocycles. The predicted molar refractivity (Wildman–Crippen MR) is 123 cm³/mol. The number of hydrogen-bond acceptors (Lipinski definition) is 7. The van der Waals surface area contributed by atoms with Crippen LogP contribution in [0.3, 0.4) is 0 Å². The van der Waals surface area contributed by atoms with Crippen LogP contribution in [0.1, 0.15) is 42.6 Å². The van der Waals surface area contributed by atoms with Crippen molar-refractivity contribution in [1.82, 2.24) is 15.0 Å². The number of rotatable bonds is 7. The van der Waals surface area contributed by atoms with Gasteiger partial charge in [0.2, 0.25) is 24.5 Å². The molecular formula is C26H25N3O6. The summed E-state index contributed by atoms with van der Waals surface area (Å²) in [5.74, 6) is 0.227. The molecule has 9 nitrogen and oxygen atoms in total. The first-order valence-electron chi connectivity index (χ1n) is 11.3. The lowest BCUT2D eigenvalue weighted by Gasteiger charge is -2.31. The summed E-state index contributed by atoms with van der Waals surface area (Å²) in [6.45, 7) is 2.06. The second-order valence-electron chi connectivity index (χ2n) is 8.88. The Morgan fingerprint density at radius 2 is 1.89 bits per heavy atom. The number of hydrogen-bond donors (Lipinski definition) is 0. The van der Waals surface area contributed by atoms with Gasteiger partial charge in [-0.2, -0.15) is 0 Å². The zero-order valence-electron chi connectivity index (χ0n) is 19.5. The van der Waals surface area contributed by atoms with Crippen molar-refractivity contribution in [2.45, 2.75) is 37.8 Å². The van der Waals surface area contributed by atoms with Crippen molar-refractivity contribution in [3.8, 4) is 11.5 Å². The third kappa shape index (κ3) is 4.03. The Balaban J connectivity index is 1.43. The van der Waals surface area contributed by atoms with E-state index in [1.165, 1.54) is 16.1 Å². The average molecular weight is 476 g/mol. The number of fused-ring (bicyclic) bond motifs is 1. The van der Waals surface area contributed by atoms with Crippen molar-refractivity contribution in [3.63, 3.8) is 0 Å². The number of benzene rings is 2. The fourth-order valence-electron chi connectivity index (χ4n) is 4.64. The van der Waals surface area contributed by atoms with E-state index in [4.69, 9.17) is 14.0 Å². The smallest absolute Gasteiger partial charge is 0.241 e. The van der Waals surface area contributed by atoms with Gasteiger partial charge in [0.05, 0.1) is 18.0 Å². The largest absolute Gasteiger partial charge is 0.454 e. The van der Waals surface area contributed by atoms with Gasteiger partial charge in [-0.05, 0) is 30.2 Å². The van der Waals surface area contributed by atoms with E-state index in [0.29, 0.717) is 22.8 Å². The summed E-state index contributed by atoms with van der Waals surface area (Å²) in [6, 6.07) is 15.7. The van der Waals surface area contributed by atoms with Crippen molar-refractivity contribution in [2.75, 3.05) is 13.8 Å². The first-order valence-corrected chi connectivity index (χ1v) is 11.3. The van der Waals surface area contributed by atoms with Crippen LogP contribution in [0.4, 0.5) is 0 Å². The third-order valence-electron chi connectivity index (χ3n) is 6.83. The van der Waals surface area contributed by atoms with E-state index >= 15 is 0 Å². The van der Waals surface area contributed by atoms with Crippen LogP contribution in [-0.2, 0) is 26.3 Å². The Morgan fingerprint density at radius 3 is 2.63 bits per heavy atom. The molecule has 1 saturated heterocycles. The molecule has 2 aliphatic rings. The number of likely N-dealkylation sites (tertiary alicyclic amines) is 1. The van der Waals surface area contributed by atoms with Crippen LogP contribution in [0.2, 0.25) is 0 Å².